The minimum absolute atomic E-state index is 0.119. The molecule has 1 unspecified atom stereocenters. The number of methoxy groups -OCH3 is 1. The van der Waals surface area contributed by atoms with E-state index in [1.807, 2.05) is 0 Å². The first-order valence-electron chi connectivity index (χ1n) is 7.61. The van der Waals surface area contributed by atoms with Gasteiger partial charge in [-0.25, -0.2) is 0 Å². The Hall–Kier alpha value is -0.200. The van der Waals surface area contributed by atoms with Gasteiger partial charge in [0.1, 0.15) is 0 Å². The lowest BCUT2D eigenvalue weighted by Gasteiger charge is -2.54. The lowest BCUT2D eigenvalue weighted by molar-refractivity contribution is -0.122. The highest BCUT2D eigenvalue weighted by Gasteiger charge is 2.43. The van der Waals surface area contributed by atoms with E-state index in [1.54, 1.807) is 7.11 Å². The van der Waals surface area contributed by atoms with Gasteiger partial charge < -0.3 is 14.8 Å². The van der Waals surface area contributed by atoms with Gasteiger partial charge in [-0.3, -0.25) is 9.80 Å². The van der Waals surface area contributed by atoms with Crippen LogP contribution in [0.3, 0.4) is 0 Å². The van der Waals surface area contributed by atoms with Crippen LogP contribution in [-0.2, 0) is 9.47 Å². The zero-order chi connectivity index (χ0) is 13.6. The molecule has 5 heteroatoms. The third-order valence-electron chi connectivity index (χ3n) is 4.36. The molecule has 5 nitrogen and oxygen atoms in total. The lowest BCUT2D eigenvalue weighted by atomic mass is 9.97. The van der Waals surface area contributed by atoms with Crippen molar-refractivity contribution in [3.05, 3.63) is 0 Å². The van der Waals surface area contributed by atoms with E-state index in [0.29, 0.717) is 0 Å². The van der Waals surface area contributed by atoms with Crippen molar-refractivity contribution in [3.8, 4) is 0 Å². The van der Waals surface area contributed by atoms with Gasteiger partial charge in [-0.05, 0) is 13.0 Å². The Balaban J connectivity index is 2.13. The zero-order valence-corrected chi connectivity index (χ0v) is 12.5. The molecule has 0 saturated carbocycles. The van der Waals surface area contributed by atoms with E-state index in [9.17, 15) is 0 Å². The second kappa shape index (κ2) is 7.55. The first-order valence-corrected chi connectivity index (χ1v) is 7.61. The third-order valence-corrected chi connectivity index (χ3v) is 4.36. The minimum atomic E-state index is 0.119. The summed E-state index contributed by atoms with van der Waals surface area (Å²) < 4.78 is 10.9. The minimum Gasteiger partial charge on any atom is -0.385 e. The van der Waals surface area contributed by atoms with Crippen LogP contribution in [0.2, 0.25) is 0 Å². The van der Waals surface area contributed by atoms with Crippen LogP contribution in [0.25, 0.3) is 0 Å². The summed E-state index contributed by atoms with van der Waals surface area (Å²) in [5.41, 5.74) is 0.119. The molecule has 0 aromatic rings. The van der Waals surface area contributed by atoms with Gasteiger partial charge in [0, 0.05) is 52.9 Å². The summed E-state index contributed by atoms with van der Waals surface area (Å²) in [7, 11) is 1.80. The summed E-state index contributed by atoms with van der Waals surface area (Å²) >= 11 is 0. The summed E-state index contributed by atoms with van der Waals surface area (Å²) in [5.74, 6) is 0. The molecule has 1 N–H and O–H groups in total. The van der Waals surface area contributed by atoms with Crippen molar-refractivity contribution in [3.63, 3.8) is 0 Å². The average Bonchev–Trinajstić information content (AvgIpc) is 2.48. The molecule has 0 radical (unpaired) electrons. The molecular weight excluding hydrogens is 242 g/mol. The first-order chi connectivity index (χ1) is 9.33. The maximum atomic E-state index is 5.52. The quantitative estimate of drug-likeness (QED) is 0.755. The predicted octanol–water partition coefficient (Wildman–Crippen LogP) is 0.367. The van der Waals surface area contributed by atoms with Crippen LogP contribution >= 0.6 is 0 Å². The molecule has 0 aliphatic carbocycles. The molecule has 0 aromatic heterocycles. The monoisotopic (exact) mass is 271 g/mol. The number of nitrogens with zero attached hydrogens (tertiary/aromatic N) is 2. The Kier molecular flexibility index (Phi) is 6.04. The van der Waals surface area contributed by atoms with Gasteiger partial charge in [0.15, 0.2) is 0 Å². The molecular formula is C14H29N3O2. The van der Waals surface area contributed by atoms with E-state index in [4.69, 9.17) is 9.47 Å². The van der Waals surface area contributed by atoms with Crippen LogP contribution in [-0.4, -0.2) is 81.7 Å². The largest absolute Gasteiger partial charge is 0.385 e. The number of ether oxygens (including phenoxy) is 2. The second-order valence-corrected chi connectivity index (χ2v) is 5.49. The van der Waals surface area contributed by atoms with Crippen LogP contribution in [0.4, 0.5) is 0 Å². The summed E-state index contributed by atoms with van der Waals surface area (Å²) in [6, 6.07) is 0. The van der Waals surface area contributed by atoms with E-state index in [0.717, 1.165) is 59.0 Å². The molecule has 2 aliphatic heterocycles. The van der Waals surface area contributed by atoms with Gasteiger partial charge in [-0.1, -0.05) is 6.92 Å². The molecule has 0 bridgehead atoms. The summed E-state index contributed by atoms with van der Waals surface area (Å²) in [6.07, 6.45) is 2.27. The van der Waals surface area contributed by atoms with E-state index >= 15 is 0 Å². The molecule has 2 heterocycles. The summed E-state index contributed by atoms with van der Waals surface area (Å²) in [4.78, 5) is 5.27. The van der Waals surface area contributed by atoms with Gasteiger partial charge in [-0.15, -0.1) is 0 Å². The summed E-state index contributed by atoms with van der Waals surface area (Å²) in [6.45, 7) is 11.3. The van der Waals surface area contributed by atoms with Crippen molar-refractivity contribution in [2.75, 3.05) is 66.2 Å². The molecule has 2 saturated heterocycles. The van der Waals surface area contributed by atoms with Gasteiger partial charge in [0.05, 0.1) is 18.9 Å². The molecule has 112 valence electrons. The molecule has 19 heavy (non-hydrogen) atoms. The van der Waals surface area contributed by atoms with E-state index in [1.165, 1.54) is 13.0 Å². The molecule has 2 fully saturated rings. The molecule has 0 spiro atoms. The lowest BCUT2D eigenvalue weighted by Crippen LogP contribution is -2.71. The fourth-order valence-corrected chi connectivity index (χ4v) is 3.37. The normalized spacial score (nSPS) is 30.6. The standard InChI is InChI=1S/C14H29N3O2/c1-3-6-16-7-5-15-13-14(16,4-10-18-2)17-8-11-19-12-9-17/h15H,3-13H2,1-2H3. The van der Waals surface area contributed by atoms with Crippen molar-refractivity contribution < 1.29 is 9.47 Å². The first kappa shape index (κ1) is 15.2. The van der Waals surface area contributed by atoms with Crippen LogP contribution in [0, 0.1) is 0 Å². The Morgan fingerprint density at radius 3 is 2.74 bits per heavy atom. The van der Waals surface area contributed by atoms with Crippen molar-refractivity contribution >= 4 is 0 Å². The Bertz CT molecular complexity index is 244. The van der Waals surface area contributed by atoms with E-state index in [2.05, 4.69) is 22.0 Å². The maximum absolute atomic E-state index is 5.52. The van der Waals surface area contributed by atoms with Crippen molar-refractivity contribution in [2.24, 2.45) is 0 Å². The zero-order valence-electron chi connectivity index (χ0n) is 12.5. The van der Waals surface area contributed by atoms with Crippen LogP contribution in [0.15, 0.2) is 0 Å². The Labute approximate surface area is 117 Å². The van der Waals surface area contributed by atoms with Crippen LogP contribution in [0.5, 0.6) is 0 Å². The smallest absolute Gasteiger partial charge is 0.0890 e. The van der Waals surface area contributed by atoms with Crippen LogP contribution < -0.4 is 5.32 Å². The van der Waals surface area contributed by atoms with Gasteiger partial charge in [0.2, 0.25) is 0 Å². The number of morpholine rings is 1. The van der Waals surface area contributed by atoms with E-state index in [-0.39, 0.29) is 5.66 Å². The van der Waals surface area contributed by atoms with Gasteiger partial charge in [-0.2, -0.15) is 0 Å². The molecule has 1 atom stereocenters. The topological polar surface area (TPSA) is 37.0 Å². The fraction of sp³-hybridized carbons (Fsp3) is 1.00. The van der Waals surface area contributed by atoms with E-state index < -0.39 is 0 Å². The van der Waals surface area contributed by atoms with Crippen LogP contribution in [0.1, 0.15) is 19.8 Å². The molecule has 0 amide bonds. The number of piperazine rings is 1. The maximum Gasteiger partial charge on any atom is 0.0890 e. The summed E-state index contributed by atoms with van der Waals surface area (Å²) in [5, 5.41) is 3.59. The predicted molar refractivity (Wildman–Crippen MR) is 76.3 cm³/mol. The van der Waals surface area contributed by atoms with Crippen molar-refractivity contribution in [2.45, 2.75) is 25.4 Å². The molecule has 2 aliphatic rings. The molecule has 0 aromatic carbocycles. The third kappa shape index (κ3) is 3.47. The van der Waals surface area contributed by atoms with Gasteiger partial charge >= 0.3 is 0 Å². The Morgan fingerprint density at radius 1 is 1.26 bits per heavy atom. The number of nitrogens with one attached hydrogen (secondary N) is 1. The number of hydrogen-bond acceptors (Lipinski definition) is 5. The Morgan fingerprint density at radius 2 is 2.05 bits per heavy atom. The average molecular weight is 271 g/mol. The van der Waals surface area contributed by atoms with Crippen molar-refractivity contribution in [1.29, 1.82) is 0 Å². The SMILES string of the molecule is CCCN1CCNCC1(CCOC)N1CCOCC1. The molecule has 2 rings (SSSR count). The van der Waals surface area contributed by atoms with Gasteiger partial charge in [0.25, 0.3) is 0 Å². The highest BCUT2D eigenvalue weighted by Crippen LogP contribution is 2.28. The highest BCUT2D eigenvalue weighted by atomic mass is 16.5. The fourth-order valence-electron chi connectivity index (χ4n) is 3.37. The van der Waals surface area contributed by atoms with Crippen molar-refractivity contribution in [1.82, 2.24) is 15.1 Å². The highest BCUT2D eigenvalue weighted by molar-refractivity contribution is 4.96. The number of hydrogen-bond donors (Lipinski definition) is 1. The number of rotatable bonds is 6. The second-order valence-electron chi connectivity index (χ2n) is 5.49.